The maximum Gasteiger partial charge on any atom is 0.254 e. The van der Waals surface area contributed by atoms with Gasteiger partial charge in [0.25, 0.3) is 5.91 Å². The first kappa shape index (κ1) is 19.8. The van der Waals surface area contributed by atoms with Crippen LogP contribution in [0.25, 0.3) is 0 Å². The summed E-state index contributed by atoms with van der Waals surface area (Å²) in [6.45, 7) is 1.39. The molecular formula is C21H31N3O3. The molecule has 1 aromatic rings. The summed E-state index contributed by atoms with van der Waals surface area (Å²) in [6, 6.07) is 3.72. The highest BCUT2D eigenvalue weighted by Gasteiger charge is 2.35. The van der Waals surface area contributed by atoms with Crippen molar-refractivity contribution < 1.29 is 14.7 Å². The van der Waals surface area contributed by atoms with E-state index >= 15 is 0 Å². The zero-order valence-electron chi connectivity index (χ0n) is 16.5. The largest absolute Gasteiger partial charge is 0.389 e. The van der Waals surface area contributed by atoms with Gasteiger partial charge in [-0.3, -0.25) is 14.6 Å². The third-order valence-electron chi connectivity index (χ3n) is 5.90. The number of aliphatic hydroxyl groups is 1. The van der Waals surface area contributed by atoms with Crippen molar-refractivity contribution in [1.29, 1.82) is 0 Å². The summed E-state index contributed by atoms with van der Waals surface area (Å²) < 4.78 is 0. The van der Waals surface area contributed by atoms with Crippen LogP contribution >= 0.6 is 0 Å². The molecule has 6 nitrogen and oxygen atoms in total. The molecule has 2 amide bonds. The van der Waals surface area contributed by atoms with Gasteiger partial charge in [0.05, 0.1) is 17.6 Å². The molecular weight excluding hydrogens is 342 g/mol. The zero-order valence-corrected chi connectivity index (χ0v) is 16.5. The summed E-state index contributed by atoms with van der Waals surface area (Å²) in [5.41, 5.74) is 0.695. The third kappa shape index (κ3) is 4.86. The highest BCUT2D eigenvalue weighted by molar-refractivity contribution is 5.93. The Hall–Kier alpha value is -1.95. The smallest absolute Gasteiger partial charge is 0.254 e. The molecule has 1 saturated heterocycles. The highest BCUT2D eigenvalue weighted by atomic mass is 16.3. The Balaban J connectivity index is 1.62. The van der Waals surface area contributed by atoms with E-state index in [9.17, 15) is 14.7 Å². The molecule has 0 radical (unpaired) electrons. The number of carbonyl (C=O) groups excluding carboxylic acids is 2. The second-order valence-electron chi connectivity index (χ2n) is 8.31. The summed E-state index contributed by atoms with van der Waals surface area (Å²) in [4.78, 5) is 32.7. The van der Waals surface area contributed by atoms with Gasteiger partial charge in [0.1, 0.15) is 0 Å². The molecule has 1 aliphatic heterocycles. The van der Waals surface area contributed by atoms with Crippen LogP contribution in [0.4, 0.5) is 0 Å². The van der Waals surface area contributed by atoms with Gasteiger partial charge in [-0.05, 0) is 37.8 Å². The average molecular weight is 373 g/mol. The minimum Gasteiger partial charge on any atom is -0.389 e. The first-order chi connectivity index (χ1) is 12.9. The van der Waals surface area contributed by atoms with Crippen molar-refractivity contribution in [1.82, 2.24) is 14.8 Å². The van der Waals surface area contributed by atoms with Crippen molar-refractivity contribution >= 4 is 11.8 Å². The number of carbonyl (C=O) groups is 2. The van der Waals surface area contributed by atoms with E-state index in [1.807, 2.05) is 17.0 Å². The SMILES string of the molecule is CN(C)C(=O)c1ccc([C@H]2CCCN(C(=O)CC3(O)CCCCC3)C2)nc1. The molecule has 27 heavy (non-hydrogen) atoms. The van der Waals surface area contributed by atoms with Crippen LogP contribution in [0.1, 0.15) is 73.3 Å². The van der Waals surface area contributed by atoms with Crippen LogP contribution < -0.4 is 0 Å². The van der Waals surface area contributed by atoms with E-state index in [1.165, 1.54) is 4.90 Å². The Labute approximate surface area is 161 Å². The number of hydrogen-bond donors (Lipinski definition) is 1. The van der Waals surface area contributed by atoms with Gasteiger partial charge >= 0.3 is 0 Å². The molecule has 148 valence electrons. The van der Waals surface area contributed by atoms with E-state index in [2.05, 4.69) is 4.98 Å². The summed E-state index contributed by atoms with van der Waals surface area (Å²) in [7, 11) is 3.45. The second-order valence-corrected chi connectivity index (χ2v) is 8.31. The van der Waals surface area contributed by atoms with E-state index in [0.29, 0.717) is 12.1 Å². The van der Waals surface area contributed by atoms with Crippen LogP contribution in [0.5, 0.6) is 0 Å². The van der Waals surface area contributed by atoms with Crippen LogP contribution in [0, 0.1) is 0 Å². The van der Waals surface area contributed by atoms with Gasteiger partial charge in [0, 0.05) is 45.0 Å². The van der Waals surface area contributed by atoms with Crippen LogP contribution in [0.3, 0.4) is 0 Å². The highest BCUT2D eigenvalue weighted by Crippen LogP contribution is 2.33. The molecule has 1 saturated carbocycles. The van der Waals surface area contributed by atoms with Crippen LogP contribution in [-0.2, 0) is 4.79 Å². The monoisotopic (exact) mass is 373 g/mol. The van der Waals surface area contributed by atoms with Crippen molar-refractivity contribution in [3.63, 3.8) is 0 Å². The Morgan fingerprint density at radius 1 is 1.22 bits per heavy atom. The molecule has 0 bridgehead atoms. The lowest BCUT2D eigenvalue weighted by Gasteiger charge is -2.37. The quantitative estimate of drug-likeness (QED) is 0.880. The van der Waals surface area contributed by atoms with Gasteiger partial charge in [-0.15, -0.1) is 0 Å². The molecule has 1 atom stereocenters. The molecule has 6 heteroatoms. The molecule has 0 spiro atoms. The van der Waals surface area contributed by atoms with Crippen LogP contribution in [-0.4, -0.2) is 64.5 Å². The zero-order chi connectivity index (χ0) is 19.4. The standard InChI is InChI=1S/C21H31N3O3/c1-23(2)20(26)16-8-9-18(22-14-16)17-7-6-12-24(15-17)19(25)13-21(27)10-4-3-5-11-21/h8-9,14,17,27H,3-7,10-13,15H2,1-2H3/t17-/m0/s1. The Kier molecular flexibility index (Phi) is 6.15. The van der Waals surface area contributed by atoms with Gasteiger partial charge in [-0.1, -0.05) is 19.3 Å². The average Bonchev–Trinajstić information content (AvgIpc) is 2.68. The summed E-state index contributed by atoms with van der Waals surface area (Å²) in [5.74, 6) is 0.186. The lowest BCUT2D eigenvalue weighted by molar-refractivity contribution is -0.139. The van der Waals surface area contributed by atoms with Crippen LogP contribution in [0.2, 0.25) is 0 Å². The van der Waals surface area contributed by atoms with Gasteiger partial charge in [0.2, 0.25) is 5.91 Å². The van der Waals surface area contributed by atoms with Crippen molar-refractivity contribution in [3.8, 4) is 0 Å². The van der Waals surface area contributed by atoms with E-state index in [-0.39, 0.29) is 24.2 Å². The predicted octanol–water partition coefficient (Wildman–Crippen LogP) is 2.57. The first-order valence-electron chi connectivity index (χ1n) is 10.1. The van der Waals surface area contributed by atoms with Gasteiger partial charge in [-0.25, -0.2) is 0 Å². The second kappa shape index (κ2) is 8.38. The normalized spacial score (nSPS) is 22.3. The molecule has 3 rings (SSSR count). The topological polar surface area (TPSA) is 73.7 Å². The summed E-state index contributed by atoms with van der Waals surface area (Å²) in [6.07, 6.45) is 8.43. The van der Waals surface area contributed by atoms with Gasteiger partial charge in [-0.2, -0.15) is 0 Å². The molecule has 0 unspecified atom stereocenters. The van der Waals surface area contributed by atoms with Crippen molar-refractivity contribution in [2.75, 3.05) is 27.2 Å². The summed E-state index contributed by atoms with van der Waals surface area (Å²) >= 11 is 0. The van der Waals surface area contributed by atoms with Crippen molar-refractivity contribution in [2.24, 2.45) is 0 Å². The Morgan fingerprint density at radius 3 is 2.59 bits per heavy atom. The number of rotatable bonds is 4. The lowest BCUT2D eigenvalue weighted by Crippen LogP contribution is -2.44. The van der Waals surface area contributed by atoms with Gasteiger partial charge in [0.15, 0.2) is 0 Å². The maximum atomic E-state index is 12.8. The maximum absolute atomic E-state index is 12.8. The molecule has 2 aliphatic rings. The molecule has 2 heterocycles. The number of pyridine rings is 1. The number of nitrogens with zero attached hydrogens (tertiary/aromatic N) is 3. The lowest BCUT2D eigenvalue weighted by atomic mass is 9.82. The number of amides is 2. The van der Waals surface area contributed by atoms with E-state index in [0.717, 1.165) is 57.2 Å². The number of piperidine rings is 1. The van der Waals surface area contributed by atoms with Gasteiger partial charge < -0.3 is 14.9 Å². The van der Waals surface area contributed by atoms with Crippen molar-refractivity contribution in [3.05, 3.63) is 29.6 Å². The van der Waals surface area contributed by atoms with E-state index in [1.54, 1.807) is 20.3 Å². The number of likely N-dealkylation sites (tertiary alicyclic amines) is 1. The van der Waals surface area contributed by atoms with Crippen molar-refractivity contribution in [2.45, 2.75) is 62.9 Å². The molecule has 1 aliphatic carbocycles. The molecule has 0 aromatic carbocycles. The minimum atomic E-state index is -0.811. The molecule has 1 aromatic heterocycles. The Bertz CT molecular complexity index is 666. The fourth-order valence-electron chi connectivity index (χ4n) is 4.26. The molecule has 2 fully saturated rings. The fourth-order valence-corrected chi connectivity index (χ4v) is 4.26. The molecule has 1 N–H and O–H groups in total. The number of hydrogen-bond acceptors (Lipinski definition) is 4. The van der Waals surface area contributed by atoms with Crippen LogP contribution in [0.15, 0.2) is 18.3 Å². The minimum absolute atomic E-state index is 0.0588. The third-order valence-corrected chi connectivity index (χ3v) is 5.90. The summed E-state index contributed by atoms with van der Waals surface area (Å²) in [5, 5.41) is 10.7. The Morgan fingerprint density at radius 2 is 1.96 bits per heavy atom. The van der Waals surface area contributed by atoms with E-state index < -0.39 is 5.60 Å². The number of aromatic nitrogens is 1. The first-order valence-corrected chi connectivity index (χ1v) is 10.1. The van der Waals surface area contributed by atoms with E-state index in [4.69, 9.17) is 0 Å². The fraction of sp³-hybridized carbons (Fsp3) is 0.667. The predicted molar refractivity (Wildman–Crippen MR) is 103 cm³/mol.